The molecule has 188 valence electrons. The molecule has 0 atom stereocenters. The van der Waals surface area contributed by atoms with Crippen LogP contribution in [0.25, 0.3) is 0 Å². The summed E-state index contributed by atoms with van der Waals surface area (Å²) in [6, 6.07) is 3.73. The molecule has 1 aliphatic rings. The van der Waals surface area contributed by atoms with Crippen molar-refractivity contribution in [3.05, 3.63) is 52.6 Å². The number of phenols is 1. The van der Waals surface area contributed by atoms with E-state index in [0.717, 1.165) is 37.7 Å². The minimum absolute atomic E-state index is 0.0870. The highest BCUT2D eigenvalue weighted by Gasteiger charge is 2.25. The fourth-order valence-corrected chi connectivity index (χ4v) is 4.64. The van der Waals surface area contributed by atoms with Crippen LogP contribution in [-0.4, -0.2) is 18.3 Å². The lowest BCUT2D eigenvalue weighted by atomic mass is 9.80. The van der Waals surface area contributed by atoms with Crippen LogP contribution < -0.4 is 9.47 Å². The molecule has 0 bridgehead atoms. The maximum atomic E-state index is 14.5. The van der Waals surface area contributed by atoms with Crippen molar-refractivity contribution in [2.75, 3.05) is 13.2 Å². The number of rotatable bonds is 11. The smallest absolute Gasteiger partial charge is 0.204 e. The Morgan fingerprint density at radius 3 is 2.15 bits per heavy atom. The number of hydrogen-bond donors (Lipinski definition) is 1. The number of ether oxygens (including phenoxy) is 2. The van der Waals surface area contributed by atoms with E-state index in [1.807, 2.05) is 0 Å². The second-order valence-corrected chi connectivity index (χ2v) is 9.16. The number of phenolic OH excluding ortho intramolecular Hbond substituents is 1. The van der Waals surface area contributed by atoms with Crippen molar-refractivity contribution >= 4 is 0 Å². The maximum absolute atomic E-state index is 14.5. The first-order valence-electron chi connectivity index (χ1n) is 12.3. The highest BCUT2D eigenvalue weighted by Crippen LogP contribution is 2.36. The molecule has 1 N–H and O–H groups in total. The second-order valence-electron chi connectivity index (χ2n) is 9.16. The third-order valence-corrected chi connectivity index (χ3v) is 6.69. The molecular formula is C27H34F4O3. The molecule has 3 rings (SSSR count). The largest absolute Gasteiger partial charge is 0.505 e. The zero-order valence-corrected chi connectivity index (χ0v) is 19.9. The minimum Gasteiger partial charge on any atom is -0.505 e. The molecule has 34 heavy (non-hydrogen) atoms. The molecule has 1 aliphatic carbocycles. The van der Waals surface area contributed by atoms with Crippen LogP contribution in [0.4, 0.5) is 17.6 Å². The van der Waals surface area contributed by atoms with Crippen molar-refractivity contribution in [1.29, 1.82) is 0 Å². The van der Waals surface area contributed by atoms with Crippen LogP contribution in [0.3, 0.4) is 0 Å². The Labute approximate surface area is 199 Å². The minimum atomic E-state index is -1.46. The van der Waals surface area contributed by atoms with E-state index in [1.165, 1.54) is 37.8 Å². The van der Waals surface area contributed by atoms with Crippen molar-refractivity contribution in [2.45, 2.75) is 71.6 Å². The molecule has 0 unspecified atom stereocenters. The summed E-state index contributed by atoms with van der Waals surface area (Å²) in [4.78, 5) is 0. The van der Waals surface area contributed by atoms with E-state index in [0.29, 0.717) is 0 Å². The predicted molar refractivity (Wildman–Crippen MR) is 123 cm³/mol. The van der Waals surface area contributed by atoms with Gasteiger partial charge in [-0.2, -0.15) is 13.2 Å². The van der Waals surface area contributed by atoms with Crippen LogP contribution in [0.2, 0.25) is 0 Å². The molecule has 0 spiro atoms. The number of aromatic hydroxyl groups is 1. The van der Waals surface area contributed by atoms with Gasteiger partial charge in [-0.1, -0.05) is 51.5 Å². The van der Waals surface area contributed by atoms with Gasteiger partial charge in [0.15, 0.2) is 23.1 Å². The summed E-state index contributed by atoms with van der Waals surface area (Å²) in [5.74, 6) is -5.60. The van der Waals surface area contributed by atoms with Crippen LogP contribution in [0.1, 0.15) is 76.3 Å². The fourth-order valence-electron chi connectivity index (χ4n) is 4.64. The van der Waals surface area contributed by atoms with Gasteiger partial charge in [0.2, 0.25) is 17.5 Å². The Morgan fingerprint density at radius 1 is 0.794 bits per heavy atom. The molecule has 0 amide bonds. The van der Waals surface area contributed by atoms with E-state index in [4.69, 9.17) is 9.47 Å². The SMILES string of the molecule is CCCCCC1CCC(COc2cc(Cc3ccc(OCC)c(F)c3F)c(O)c(F)c2F)CC1. The second kappa shape index (κ2) is 12.3. The zero-order valence-electron chi connectivity index (χ0n) is 19.9. The van der Waals surface area contributed by atoms with Crippen LogP contribution in [0.15, 0.2) is 18.2 Å². The van der Waals surface area contributed by atoms with Gasteiger partial charge < -0.3 is 14.6 Å². The van der Waals surface area contributed by atoms with Crippen molar-refractivity contribution in [3.63, 3.8) is 0 Å². The summed E-state index contributed by atoms with van der Waals surface area (Å²) in [5, 5.41) is 10.1. The highest BCUT2D eigenvalue weighted by atomic mass is 19.2. The summed E-state index contributed by atoms with van der Waals surface area (Å²) in [6.45, 7) is 4.25. The quantitative estimate of drug-likeness (QED) is 0.263. The first-order valence-corrected chi connectivity index (χ1v) is 12.3. The van der Waals surface area contributed by atoms with E-state index in [1.54, 1.807) is 6.92 Å². The molecule has 2 aromatic carbocycles. The monoisotopic (exact) mass is 482 g/mol. The Bertz CT molecular complexity index is 956. The van der Waals surface area contributed by atoms with Crippen molar-refractivity contribution in [2.24, 2.45) is 11.8 Å². The summed E-state index contributed by atoms with van der Waals surface area (Å²) >= 11 is 0. The fraction of sp³-hybridized carbons (Fsp3) is 0.556. The molecule has 7 heteroatoms. The molecule has 0 saturated heterocycles. The standard InChI is InChI=1S/C27H34F4O3/c1-3-5-6-7-17-8-10-18(11-9-17)16-34-22-15-20(27(32)26(31)25(22)30)14-19-12-13-21(33-4-2)24(29)23(19)28/h12-13,15,17-18,32H,3-11,14,16H2,1-2H3. The van der Waals surface area contributed by atoms with Gasteiger partial charge in [0.25, 0.3) is 0 Å². The third kappa shape index (κ3) is 6.36. The Morgan fingerprint density at radius 2 is 1.47 bits per heavy atom. The first-order chi connectivity index (χ1) is 16.3. The van der Waals surface area contributed by atoms with Gasteiger partial charge >= 0.3 is 0 Å². The number of unbranched alkanes of at least 4 members (excludes halogenated alkanes) is 2. The van der Waals surface area contributed by atoms with Crippen LogP contribution >= 0.6 is 0 Å². The van der Waals surface area contributed by atoms with Gasteiger partial charge in [0.05, 0.1) is 13.2 Å². The number of hydrogen-bond acceptors (Lipinski definition) is 3. The number of halogens is 4. The van der Waals surface area contributed by atoms with Gasteiger partial charge in [-0.3, -0.25) is 0 Å². The lowest BCUT2D eigenvalue weighted by Gasteiger charge is -2.28. The van der Waals surface area contributed by atoms with E-state index >= 15 is 0 Å². The third-order valence-electron chi connectivity index (χ3n) is 6.69. The molecule has 0 aromatic heterocycles. The molecule has 1 saturated carbocycles. The topological polar surface area (TPSA) is 38.7 Å². The van der Waals surface area contributed by atoms with Gasteiger partial charge in [0, 0.05) is 12.0 Å². The van der Waals surface area contributed by atoms with Crippen molar-refractivity contribution in [1.82, 2.24) is 0 Å². The Hall–Kier alpha value is -2.44. The molecule has 2 aromatic rings. The van der Waals surface area contributed by atoms with Crippen molar-refractivity contribution in [3.8, 4) is 17.2 Å². The van der Waals surface area contributed by atoms with Crippen molar-refractivity contribution < 1.29 is 32.1 Å². The zero-order chi connectivity index (χ0) is 24.7. The van der Waals surface area contributed by atoms with Crippen LogP contribution in [-0.2, 0) is 6.42 Å². The summed E-state index contributed by atoms with van der Waals surface area (Å²) in [7, 11) is 0. The van der Waals surface area contributed by atoms with Gasteiger partial charge in [-0.25, -0.2) is 4.39 Å². The summed E-state index contributed by atoms with van der Waals surface area (Å²) < 4.78 is 68.1. The normalized spacial score (nSPS) is 18.2. The first kappa shape index (κ1) is 26.2. The van der Waals surface area contributed by atoms with E-state index in [9.17, 15) is 22.7 Å². The average Bonchev–Trinajstić information content (AvgIpc) is 2.84. The Balaban J connectivity index is 1.67. The van der Waals surface area contributed by atoms with Crippen LogP contribution in [0, 0.1) is 35.1 Å². The molecule has 3 nitrogen and oxygen atoms in total. The summed E-state index contributed by atoms with van der Waals surface area (Å²) in [6.07, 6.45) is 8.79. The van der Waals surface area contributed by atoms with E-state index in [2.05, 4.69) is 6.92 Å². The molecule has 0 aliphatic heterocycles. The van der Waals surface area contributed by atoms with Gasteiger partial charge in [-0.15, -0.1) is 0 Å². The van der Waals surface area contributed by atoms with Gasteiger partial charge in [-0.05, 0) is 49.3 Å². The Kier molecular flexibility index (Phi) is 9.48. The lowest BCUT2D eigenvalue weighted by Crippen LogP contribution is -2.20. The summed E-state index contributed by atoms with van der Waals surface area (Å²) in [5.41, 5.74) is -0.203. The predicted octanol–water partition coefficient (Wildman–Crippen LogP) is 7.70. The average molecular weight is 483 g/mol. The molecule has 1 fully saturated rings. The maximum Gasteiger partial charge on any atom is 0.204 e. The van der Waals surface area contributed by atoms with Crippen LogP contribution in [0.5, 0.6) is 17.2 Å². The highest BCUT2D eigenvalue weighted by molar-refractivity contribution is 5.45. The molecule has 0 heterocycles. The number of benzene rings is 2. The molecule has 0 radical (unpaired) electrons. The lowest BCUT2D eigenvalue weighted by molar-refractivity contribution is 0.172. The van der Waals surface area contributed by atoms with Gasteiger partial charge in [0.1, 0.15) is 0 Å². The van der Waals surface area contributed by atoms with E-state index < -0.39 is 29.0 Å². The molecular weight excluding hydrogens is 448 g/mol. The van der Waals surface area contributed by atoms with E-state index in [-0.39, 0.29) is 48.2 Å².